The van der Waals surface area contributed by atoms with Gasteiger partial charge < -0.3 is 10.5 Å². The third-order valence-electron chi connectivity index (χ3n) is 0.799. The average Bonchev–Trinajstić information content (AvgIpc) is 1.98. The Labute approximate surface area is 59.4 Å². The number of nitrogens with zero attached hydrogens (tertiary/aromatic N) is 2. The molecule has 0 spiro atoms. The highest BCUT2D eigenvalue weighted by Gasteiger charge is 2.02. The molecule has 0 rings (SSSR count). The normalized spacial score (nSPS) is 9.90. The van der Waals surface area contributed by atoms with Gasteiger partial charge in [-0.3, -0.25) is 0 Å². The number of hydrazone groups is 1. The van der Waals surface area contributed by atoms with Gasteiger partial charge in [0.15, 0.2) is 0 Å². The Hall–Kier alpha value is -1.10. The maximum Gasteiger partial charge on any atom is 0.429 e. The van der Waals surface area contributed by atoms with E-state index < -0.39 is 6.09 Å². The van der Waals surface area contributed by atoms with E-state index >= 15 is 0 Å². The van der Waals surface area contributed by atoms with Crippen molar-refractivity contribution in [2.75, 3.05) is 20.7 Å². The molecule has 0 aliphatic carbocycles. The van der Waals surface area contributed by atoms with Crippen LogP contribution in [0.5, 0.6) is 0 Å². The zero-order chi connectivity index (χ0) is 7.98. The summed E-state index contributed by atoms with van der Waals surface area (Å²) >= 11 is 0. The molecule has 0 aliphatic heterocycles. The quantitative estimate of drug-likeness (QED) is 0.425. The van der Waals surface area contributed by atoms with Gasteiger partial charge in [0.05, 0.1) is 7.11 Å². The van der Waals surface area contributed by atoms with Crippen LogP contribution in [-0.2, 0) is 4.74 Å². The summed E-state index contributed by atoms with van der Waals surface area (Å²) in [5, 5.41) is 4.68. The minimum atomic E-state index is -0.510. The number of hydrogen-bond acceptors (Lipinski definition) is 4. The van der Waals surface area contributed by atoms with Crippen molar-refractivity contribution in [3.8, 4) is 0 Å². The van der Waals surface area contributed by atoms with Gasteiger partial charge in [-0.25, -0.2) is 9.80 Å². The number of carbonyl (C=O) groups excluding carboxylic acids is 1. The van der Waals surface area contributed by atoms with Gasteiger partial charge in [0, 0.05) is 19.8 Å². The van der Waals surface area contributed by atoms with Crippen LogP contribution in [0.15, 0.2) is 5.10 Å². The Balaban J connectivity index is 3.72. The molecule has 5 nitrogen and oxygen atoms in total. The minimum absolute atomic E-state index is 0.307. The van der Waals surface area contributed by atoms with Gasteiger partial charge in [0.2, 0.25) is 0 Å². The first-order chi connectivity index (χ1) is 4.72. The van der Waals surface area contributed by atoms with Crippen molar-refractivity contribution in [3.05, 3.63) is 0 Å². The van der Waals surface area contributed by atoms with Crippen molar-refractivity contribution >= 4 is 12.3 Å². The van der Waals surface area contributed by atoms with E-state index in [1.165, 1.54) is 20.4 Å². The van der Waals surface area contributed by atoms with Crippen LogP contribution in [0.4, 0.5) is 4.79 Å². The molecule has 0 radical (unpaired) electrons. The second-order valence-electron chi connectivity index (χ2n) is 1.53. The van der Waals surface area contributed by atoms with E-state index in [0.717, 1.165) is 5.01 Å². The number of hydrogen-bond donors (Lipinski definition) is 1. The molecule has 0 saturated heterocycles. The molecule has 0 aliphatic rings. The number of rotatable bonds is 2. The van der Waals surface area contributed by atoms with Crippen LogP contribution in [0.3, 0.4) is 0 Å². The zero-order valence-corrected chi connectivity index (χ0v) is 6.07. The molecule has 0 saturated carbocycles. The Kier molecular flexibility index (Phi) is 4.23. The highest BCUT2D eigenvalue weighted by atomic mass is 16.5. The summed E-state index contributed by atoms with van der Waals surface area (Å²) in [4.78, 5) is 10.6. The summed E-state index contributed by atoms with van der Waals surface area (Å²) in [5.41, 5.74) is 5.09. The van der Waals surface area contributed by atoms with Crippen molar-refractivity contribution in [1.29, 1.82) is 0 Å². The monoisotopic (exact) mass is 145 g/mol. The predicted octanol–water partition coefficient (Wildman–Crippen LogP) is -0.371. The first-order valence-corrected chi connectivity index (χ1v) is 2.76. The lowest BCUT2D eigenvalue weighted by Gasteiger charge is -2.06. The molecule has 0 atom stereocenters. The Bertz CT molecular complexity index is 135. The third kappa shape index (κ3) is 3.03. The zero-order valence-electron chi connectivity index (χ0n) is 6.07. The summed E-state index contributed by atoms with van der Waals surface area (Å²) in [6.45, 7) is 0.307. The number of nitrogens with two attached hydrogens (primary N) is 1. The first-order valence-electron chi connectivity index (χ1n) is 2.76. The second-order valence-corrected chi connectivity index (χ2v) is 1.53. The van der Waals surface area contributed by atoms with E-state index in [0.29, 0.717) is 6.54 Å². The number of methoxy groups -OCH3 is 1. The van der Waals surface area contributed by atoms with E-state index in [-0.39, 0.29) is 0 Å². The molecule has 0 aromatic heterocycles. The maximum atomic E-state index is 10.6. The summed E-state index contributed by atoms with van der Waals surface area (Å²) in [7, 11) is 2.77. The van der Waals surface area contributed by atoms with Crippen molar-refractivity contribution in [2.45, 2.75) is 0 Å². The van der Waals surface area contributed by atoms with Gasteiger partial charge in [0.1, 0.15) is 0 Å². The average molecular weight is 145 g/mol. The molecule has 0 aromatic rings. The van der Waals surface area contributed by atoms with Gasteiger partial charge in [-0.1, -0.05) is 0 Å². The molecule has 58 valence electrons. The van der Waals surface area contributed by atoms with E-state index in [1.807, 2.05) is 0 Å². The maximum absolute atomic E-state index is 10.6. The molecule has 0 bridgehead atoms. The van der Waals surface area contributed by atoms with E-state index in [2.05, 4.69) is 9.84 Å². The van der Waals surface area contributed by atoms with Gasteiger partial charge in [-0.15, -0.1) is 0 Å². The van der Waals surface area contributed by atoms with Crippen LogP contribution in [0.2, 0.25) is 0 Å². The summed E-state index contributed by atoms with van der Waals surface area (Å²) in [6.07, 6.45) is 0.904. The van der Waals surface area contributed by atoms with Crippen molar-refractivity contribution in [3.63, 3.8) is 0 Å². The van der Waals surface area contributed by atoms with Gasteiger partial charge in [-0.05, 0) is 0 Å². The molecule has 0 fully saturated rings. The molecule has 1 amide bonds. The van der Waals surface area contributed by atoms with Gasteiger partial charge in [0.25, 0.3) is 0 Å². The van der Waals surface area contributed by atoms with Crippen LogP contribution in [0.25, 0.3) is 0 Å². The van der Waals surface area contributed by atoms with Crippen LogP contribution in [0, 0.1) is 0 Å². The Morgan fingerprint density at radius 1 is 1.90 bits per heavy atom. The smallest absolute Gasteiger partial charge is 0.429 e. The van der Waals surface area contributed by atoms with Gasteiger partial charge in [-0.2, -0.15) is 5.10 Å². The molecule has 0 unspecified atom stereocenters. The van der Waals surface area contributed by atoms with Crippen molar-refractivity contribution < 1.29 is 9.53 Å². The van der Waals surface area contributed by atoms with E-state index in [1.54, 1.807) is 0 Å². The van der Waals surface area contributed by atoms with Crippen LogP contribution < -0.4 is 5.73 Å². The van der Waals surface area contributed by atoms with Crippen molar-refractivity contribution in [2.24, 2.45) is 10.8 Å². The lowest BCUT2D eigenvalue weighted by Crippen LogP contribution is -2.21. The number of ether oxygens (including phenoxy) is 1. The highest BCUT2D eigenvalue weighted by molar-refractivity contribution is 5.69. The van der Waals surface area contributed by atoms with Crippen LogP contribution in [0.1, 0.15) is 0 Å². The topological polar surface area (TPSA) is 67.9 Å². The third-order valence-corrected chi connectivity index (χ3v) is 0.799. The summed E-state index contributed by atoms with van der Waals surface area (Å²) < 4.78 is 4.34. The molecular formula is C5H11N3O2. The highest BCUT2D eigenvalue weighted by Crippen LogP contribution is 1.86. The lowest BCUT2D eigenvalue weighted by atomic mass is 10.8. The first kappa shape index (κ1) is 8.90. The lowest BCUT2D eigenvalue weighted by molar-refractivity contribution is 0.135. The summed E-state index contributed by atoms with van der Waals surface area (Å²) in [5.74, 6) is 0. The molecule has 10 heavy (non-hydrogen) atoms. The standard InChI is InChI=1S/C5H11N3O2/c1-8(5(9)10-2)7-4-3-6/h4H,3,6H2,1-2H3/b7-4+. The fourth-order valence-electron chi connectivity index (χ4n) is 0.349. The molecular weight excluding hydrogens is 134 g/mol. The molecule has 2 N–H and O–H groups in total. The molecule has 5 heteroatoms. The fourth-order valence-corrected chi connectivity index (χ4v) is 0.349. The minimum Gasteiger partial charge on any atom is -0.451 e. The summed E-state index contributed by atoms with van der Waals surface area (Å²) in [6, 6.07) is 0. The molecule has 0 heterocycles. The second kappa shape index (κ2) is 4.75. The fraction of sp³-hybridized carbons (Fsp3) is 0.600. The Morgan fingerprint density at radius 2 is 2.50 bits per heavy atom. The number of amides is 1. The van der Waals surface area contributed by atoms with E-state index in [9.17, 15) is 4.79 Å². The largest absolute Gasteiger partial charge is 0.451 e. The van der Waals surface area contributed by atoms with Crippen molar-refractivity contribution in [1.82, 2.24) is 5.01 Å². The van der Waals surface area contributed by atoms with E-state index in [4.69, 9.17) is 5.73 Å². The number of carbonyl (C=O) groups is 1. The molecule has 0 aromatic carbocycles. The van der Waals surface area contributed by atoms with Crippen LogP contribution >= 0.6 is 0 Å². The van der Waals surface area contributed by atoms with Gasteiger partial charge >= 0.3 is 6.09 Å². The van der Waals surface area contributed by atoms with Crippen LogP contribution in [-0.4, -0.2) is 38.0 Å². The predicted molar refractivity (Wildman–Crippen MR) is 37.7 cm³/mol. The SMILES string of the molecule is COC(=O)N(C)/N=C/CN. The Morgan fingerprint density at radius 3 is 2.90 bits per heavy atom.